The van der Waals surface area contributed by atoms with Gasteiger partial charge in [0, 0.05) is 0 Å². The first-order chi connectivity index (χ1) is 7.47. The first kappa shape index (κ1) is 13.1. The first-order valence-corrected chi connectivity index (χ1v) is 5.58. The van der Waals surface area contributed by atoms with Crippen molar-refractivity contribution in [2.45, 2.75) is 26.3 Å². The maximum absolute atomic E-state index is 11.1. The maximum Gasteiger partial charge on any atom is 0.322 e. The number of carboxylic acid groups (broad SMARTS) is 1. The number of thiol groups is 1. The molecule has 1 aromatic rings. The average Bonchev–Trinajstić information content (AvgIpc) is 2.18. The van der Waals surface area contributed by atoms with Crippen molar-refractivity contribution >= 4 is 18.8 Å². The SMILES string of the molecule is CC(C)(Cc1ccccc1)[C@H](NS)C(=O)O. The van der Waals surface area contributed by atoms with Gasteiger partial charge in [-0.1, -0.05) is 57.0 Å². The van der Waals surface area contributed by atoms with Crippen molar-refractivity contribution in [1.29, 1.82) is 0 Å². The standard InChI is InChI=1S/C12H17NO2S/c1-12(2,10(13-16)11(14)15)8-9-6-4-3-5-7-9/h3-7,10,13,16H,8H2,1-2H3,(H,14,15)/t10-/m1/s1. The highest BCUT2D eigenvalue weighted by atomic mass is 32.1. The zero-order valence-corrected chi connectivity index (χ0v) is 10.4. The molecular weight excluding hydrogens is 222 g/mol. The monoisotopic (exact) mass is 239 g/mol. The highest BCUT2D eigenvalue weighted by Crippen LogP contribution is 2.26. The number of rotatable bonds is 5. The molecular formula is C12H17NO2S. The molecule has 88 valence electrons. The minimum atomic E-state index is -0.879. The Morgan fingerprint density at radius 3 is 2.44 bits per heavy atom. The lowest BCUT2D eigenvalue weighted by molar-refractivity contribution is -0.141. The van der Waals surface area contributed by atoms with Gasteiger partial charge in [-0.2, -0.15) is 0 Å². The number of benzene rings is 1. The van der Waals surface area contributed by atoms with E-state index >= 15 is 0 Å². The first-order valence-electron chi connectivity index (χ1n) is 5.14. The molecule has 0 heterocycles. The summed E-state index contributed by atoms with van der Waals surface area (Å²) >= 11 is 3.88. The van der Waals surface area contributed by atoms with E-state index in [0.717, 1.165) is 5.56 Å². The molecule has 0 aromatic heterocycles. The van der Waals surface area contributed by atoms with Gasteiger partial charge in [0.25, 0.3) is 0 Å². The smallest absolute Gasteiger partial charge is 0.322 e. The molecule has 0 saturated heterocycles. The van der Waals surface area contributed by atoms with Gasteiger partial charge in [0.15, 0.2) is 0 Å². The predicted octanol–water partition coefficient (Wildman–Crippen LogP) is 2.14. The van der Waals surface area contributed by atoms with Crippen molar-refractivity contribution in [2.75, 3.05) is 0 Å². The van der Waals surface area contributed by atoms with Crippen LogP contribution < -0.4 is 4.72 Å². The van der Waals surface area contributed by atoms with Crippen LogP contribution in [0.1, 0.15) is 19.4 Å². The molecule has 1 rings (SSSR count). The van der Waals surface area contributed by atoms with Crippen molar-refractivity contribution < 1.29 is 9.90 Å². The minimum absolute atomic E-state index is 0.394. The summed E-state index contributed by atoms with van der Waals surface area (Å²) in [5.74, 6) is -0.879. The fourth-order valence-electron chi connectivity index (χ4n) is 1.79. The lowest BCUT2D eigenvalue weighted by Gasteiger charge is -2.30. The summed E-state index contributed by atoms with van der Waals surface area (Å²) < 4.78 is 2.56. The number of carbonyl (C=O) groups is 1. The van der Waals surface area contributed by atoms with Crippen LogP contribution in [0.4, 0.5) is 0 Å². The summed E-state index contributed by atoms with van der Waals surface area (Å²) in [6.07, 6.45) is 0.693. The summed E-state index contributed by atoms with van der Waals surface area (Å²) in [5, 5.41) is 9.08. The van der Waals surface area contributed by atoms with Crippen LogP contribution in [-0.2, 0) is 11.2 Å². The third kappa shape index (κ3) is 3.25. The summed E-state index contributed by atoms with van der Waals surface area (Å²) in [6, 6.07) is 9.18. The molecule has 2 N–H and O–H groups in total. The van der Waals surface area contributed by atoms with Crippen LogP contribution in [0, 0.1) is 5.41 Å². The zero-order valence-electron chi connectivity index (χ0n) is 9.47. The van der Waals surface area contributed by atoms with Crippen LogP contribution >= 0.6 is 12.8 Å². The lowest BCUT2D eigenvalue weighted by Crippen LogP contribution is -2.45. The molecule has 1 aromatic carbocycles. The number of aliphatic carboxylic acids is 1. The van der Waals surface area contributed by atoms with Crippen molar-refractivity contribution in [3.63, 3.8) is 0 Å². The van der Waals surface area contributed by atoms with Gasteiger partial charge >= 0.3 is 5.97 Å². The summed E-state index contributed by atoms with van der Waals surface area (Å²) in [5.41, 5.74) is 0.733. The van der Waals surface area contributed by atoms with Gasteiger partial charge in [-0.25, -0.2) is 0 Å². The van der Waals surface area contributed by atoms with Crippen LogP contribution in [-0.4, -0.2) is 17.1 Å². The number of hydrogen-bond donors (Lipinski definition) is 3. The van der Waals surface area contributed by atoms with Crippen LogP contribution in [0.3, 0.4) is 0 Å². The van der Waals surface area contributed by atoms with E-state index in [4.69, 9.17) is 5.11 Å². The highest BCUT2D eigenvalue weighted by molar-refractivity contribution is 7.78. The van der Waals surface area contributed by atoms with Gasteiger partial charge < -0.3 is 5.11 Å². The molecule has 0 bridgehead atoms. The van der Waals surface area contributed by atoms with E-state index in [1.54, 1.807) is 0 Å². The van der Waals surface area contributed by atoms with Crippen molar-refractivity contribution in [3.05, 3.63) is 35.9 Å². The molecule has 0 aliphatic heterocycles. The van der Waals surface area contributed by atoms with E-state index in [1.165, 1.54) is 0 Å². The van der Waals surface area contributed by atoms with E-state index in [9.17, 15) is 4.79 Å². The fraction of sp³-hybridized carbons (Fsp3) is 0.417. The van der Waals surface area contributed by atoms with Crippen molar-refractivity contribution in [3.8, 4) is 0 Å². The average molecular weight is 239 g/mol. The van der Waals surface area contributed by atoms with Gasteiger partial charge in [-0.05, 0) is 17.4 Å². The Morgan fingerprint density at radius 2 is 2.00 bits per heavy atom. The van der Waals surface area contributed by atoms with E-state index in [0.29, 0.717) is 6.42 Å². The Labute approximate surface area is 101 Å². The highest BCUT2D eigenvalue weighted by Gasteiger charge is 2.34. The van der Waals surface area contributed by atoms with Gasteiger partial charge in [0.05, 0.1) is 0 Å². The molecule has 16 heavy (non-hydrogen) atoms. The second-order valence-corrected chi connectivity index (χ2v) is 4.81. The van der Waals surface area contributed by atoms with E-state index in [2.05, 4.69) is 17.5 Å². The molecule has 0 amide bonds. The van der Waals surface area contributed by atoms with Gasteiger partial charge in [0.1, 0.15) is 6.04 Å². The minimum Gasteiger partial charge on any atom is -0.480 e. The Bertz CT molecular complexity index is 351. The van der Waals surface area contributed by atoms with E-state index in [-0.39, 0.29) is 0 Å². The van der Waals surface area contributed by atoms with Crippen LogP contribution in [0.5, 0.6) is 0 Å². The Kier molecular flexibility index (Phi) is 4.38. The van der Waals surface area contributed by atoms with Gasteiger partial charge in [0.2, 0.25) is 0 Å². The van der Waals surface area contributed by atoms with E-state index in [1.807, 2.05) is 44.2 Å². The van der Waals surface area contributed by atoms with Crippen LogP contribution in [0.25, 0.3) is 0 Å². The quantitative estimate of drug-likeness (QED) is 0.690. The van der Waals surface area contributed by atoms with Crippen molar-refractivity contribution in [1.82, 2.24) is 4.72 Å². The number of carboxylic acids is 1. The number of hydrogen-bond acceptors (Lipinski definition) is 3. The third-order valence-electron chi connectivity index (χ3n) is 2.66. The molecule has 3 nitrogen and oxygen atoms in total. The maximum atomic E-state index is 11.1. The zero-order chi connectivity index (χ0) is 12.2. The molecule has 0 spiro atoms. The molecule has 0 saturated carbocycles. The van der Waals surface area contributed by atoms with E-state index < -0.39 is 17.4 Å². The Hall–Kier alpha value is -1.00. The van der Waals surface area contributed by atoms with Gasteiger partial charge in [-0.3, -0.25) is 9.52 Å². The molecule has 1 atom stereocenters. The molecule has 4 heteroatoms. The molecule has 0 unspecified atom stereocenters. The molecule has 0 radical (unpaired) electrons. The number of nitrogens with one attached hydrogen (secondary N) is 1. The lowest BCUT2D eigenvalue weighted by atomic mass is 9.79. The second kappa shape index (κ2) is 5.37. The molecule has 0 aliphatic carbocycles. The van der Waals surface area contributed by atoms with Gasteiger partial charge in [-0.15, -0.1) is 0 Å². The third-order valence-corrected chi connectivity index (χ3v) is 2.92. The largest absolute Gasteiger partial charge is 0.480 e. The molecule has 0 fully saturated rings. The summed E-state index contributed by atoms with van der Waals surface area (Å²) in [4.78, 5) is 11.1. The molecule has 0 aliphatic rings. The normalized spacial score (nSPS) is 13.4. The van der Waals surface area contributed by atoms with Crippen molar-refractivity contribution in [2.24, 2.45) is 5.41 Å². The summed E-state index contributed by atoms with van der Waals surface area (Å²) in [6.45, 7) is 3.84. The Balaban J connectivity index is 2.81. The Morgan fingerprint density at radius 1 is 1.44 bits per heavy atom. The second-order valence-electron chi connectivity index (χ2n) is 4.55. The van der Waals surface area contributed by atoms with Crippen LogP contribution in [0.15, 0.2) is 30.3 Å². The topological polar surface area (TPSA) is 49.3 Å². The predicted molar refractivity (Wildman–Crippen MR) is 67.5 cm³/mol. The summed E-state index contributed by atoms with van der Waals surface area (Å²) in [7, 11) is 0. The fourth-order valence-corrected chi connectivity index (χ4v) is 2.25. The van der Waals surface area contributed by atoms with Crippen LogP contribution in [0.2, 0.25) is 0 Å².